The lowest BCUT2D eigenvalue weighted by Gasteiger charge is -2.28. The summed E-state index contributed by atoms with van der Waals surface area (Å²) in [5.41, 5.74) is 0.937. The number of rotatable bonds is 2. The summed E-state index contributed by atoms with van der Waals surface area (Å²) in [6, 6.07) is 1.86. The second kappa shape index (κ2) is 3.92. The van der Waals surface area contributed by atoms with Crippen molar-refractivity contribution < 1.29 is 9.32 Å². The Kier molecular flexibility index (Phi) is 2.63. The molecule has 1 atom stereocenters. The van der Waals surface area contributed by atoms with Crippen LogP contribution in [0.2, 0.25) is 0 Å². The maximum absolute atomic E-state index is 11.3. The molecule has 0 N–H and O–H groups in total. The first-order valence-corrected chi connectivity index (χ1v) is 4.90. The zero-order chi connectivity index (χ0) is 9.97. The summed E-state index contributed by atoms with van der Waals surface area (Å²) < 4.78 is 4.76. The summed E-state index contributed by atoms with van der Waals surface area (Å²) in [4.78, 5) is 13.5. The molecule has 2 heterocycles. The third-order valence-electron chi connectivity index (χ3n) is 2.63. The van der Waals surface area contributed by atoms with E-state index in [0.717, 1.165) is 25.3 Å². The molecule has 1 saturated heterocycles. The average molecular weight is 194 g/mol. The average Bonchev–Trinajstić information content (AvgIpc) is 2.64. The third kappa shape index (κ3) is 2.01. The smallest absolute Gasteiger partial charge is 0.138 e. The number of likely N-dealkylation sites (tertiary alicyclic amines) is 1. The number of piperidine rings is 1. The highest BCUT2D eigenvalue weighted by Crippen LogP contribution is 2.14. The van der Waals surface area contributed by atoms with Crippen molar-refractivity contribution in [3.8, 4) is 0 Å². The molecule has 0 aliphatic carbocycles. The van der Waals surface area contributed by atoms with Crippen LogP contribution in [0.4, 0.5) is 0 Å². The van der Waals surface area contributed by atoms with E-state index in [-0.39, 0.29) is 5.92 Å². The van der Waals surface area contributed by atoms with Crippen molar-refractivity contribution in [3.63, 3.8) is 0 Å². The molecule has 1 unspecified atom stereocenters. The fraction of sp³-hybridized carbons (Fsp3) is 0.600. The first kappa shape index (κ1) is 9.40. The van der Waals surface area contributed by atoms with Crippen LogP contribution in [0.25, 0.3) is 0 Å². The van der Waals surface area contributed by atoms with E-state index < -0.39 is 0 Å². The molecule has 4 nitrogen and oxygen atoms in total. The zero-order valence-corrected chi connectivity index (χ0v) is 8.27. The van der Waals surface area contributed by atoms with Crippen molar-refractivity contribution in [1.29, 1.82) is 0 Å². The van der Waals surface area contributed by atoms with Crippen molar-refractivity contribution in [2.24, 2.45) is 5.92 Å². The van der Waals surface area contributed by atoms with Crippen LogP contribution in [-0.2, 0) is 11.3 Å². The van der Waals surface area contributed by atoms with Crippen molar-refractivity contribution in [2.45, 2.75) is 19.9 Å². The fourth-order valence-electron chi connectivity index (χ4n) is 1.79. The normalized spacial score (nSPS) is 24.1. The Hall–Kier alpha value is -1.16. The van der Waals surface area contributed by atoms with Crippen LogP contribution in [0.3, 0.4) is 0 Å². The molecule has 1 aliphatic heterocycles. The SMILES string of the molecule is CC1CN(Cc2ccon2)CCC1=O. The van der Waals surface area contributed by atoms with E-state index >= 15 is 0 Å². The number of Topliss-reactive ketones (excluding diaryl/α,β-unsaturated/α-hetero) is 1. The van der Waals surface area contributed by atoms with Crippen molar-refractivity contribution in [1.82, 2.24) is 10.1 Å². The molecule has 1 fully saturated rings. The highest BCUT2D eigenvalue weighted by atomic mass is 16.5. The number of aromatic nitrogens is 1. The molecule has 0 saturated carbocycles. The Balaban J connectivity index is 1.91. The van der Waals surface area contributed by atoms with Crippen LogP contribution >= 0.6 is 0 Å². The summed E-state index contributed by atoms with van der Waals surface area (Å²) in [6.07, 6.45) is 2.24. The van der Waals surface area contributed by atoms with E-state index in [1.807, 2.05) is 13.0 Å². The lowest BCUT2D eigenvalue weighted by molar-refractivity contribution is -0.125. The van der Waals surface area contributed by atoms with Crippen LogP contribution < -0.4 is 0 Å². The summed E-state index contributed by atoms with van der Waals surface area (Å²) in [5, 5.41) is 3.85. The molecule has 0 bridgehead atoms. The van der Waals surface area contributed by atoms with E-state index in [0.29, 0.717) is 12.2 Å². The van der Waals surface area contributed by atoms with Gasteiger partial charge < -0.3 is 4.52 Å². The van der Waals surface area contributed by atoms with Crippen LogP contribution in [0.5, 0.6) is 0 Å². The van der Waals surface area contributed by atoms with E-state index in [9.17, 15) is 4.79 Å². The highest BCUT2D eigenvalue weighted by molar-refractivity contribution is 5.81. The Morgan fingerprint density at radius 2 is 2.57 bits per heavy atom. The summed E-state index contributed by atoms with van der Waals surface area (Å²) in [6.45, 7) is 4.45. The lowest BCUT2D eigenvalue weighted by atomic mass is 9.98. The predicted molar refractivity (Wildman–Crippen MR) is 50.6 cm³/mol. The van der Waals surface area contributed by atoms with Gasteiger partial charge in [0.15, 0.2) is 0 Å². The molecule has 1 aromatic heterocycles. The van der Waals surface area contributed by atoms with Crippen LogP contribution in [0.1, 0.15) is 19.0 Å². The molecule has 2 rings (SSSR count). The molecule has 1 aliphatic rings. The van der Waals surface area contributed by atoms with Gasteiger partial charge in [0.2, 0.25) is 0 Å². The summed E-state index contributed by atoms with van der Waals surface area (Å²) >= 11 is 0. The van der Waals surface area contributed by atoms with Crippen molar-refractivity contribution in [2.75, 3.05) is 13.1 Å². The van der Waals surface area contributed by atoms with Gasteiger partial charge in [-0.15, -0.1) is 0 Å². The molecular weight excluding hydrogens is 180 g/mol. The molecular formula is C10H14N2O2. The lowest BCUT2D eigenvalue weighted by Crippen LogP contribution is -2.39. The first-order chi connectivity index (χ1) is 6.75. The number of ketones is 1. The van der Waals surface area contributed by atoms with Gasteiger partial charge >= 0.3 is 0 Å². The maximum atomic E-state index is 11.3. The van der Waals surface area contributed by atoms with Gasteiger partial charge in [0.1, 0.15) is 12.0 Å². The topological polar surface area (TPSA) is 46.3 Å². The molecule has 0 radical (unpaired) electrons. The van der Waals surface area contributed by atoms with Crippen molar-refractivity contribution in [3.05, 3.63) is 18.0 Å². The number of carbonyl (C=O) groups excluding carboxylic acids is 1. The maximum Gasteiger partial charge on any atom is 0.138 e. The molecule has 1 aromatic rings. The minimum atomic E-state index is 0.163. The summed E-state index contributed by atoms with van der Waals surface area (Å²) in [5.74, 6) is 0.539. The number of carbonyl (C=O) groups is 1. The van der Waals surface area contributed by atoms with E-state index in [2.05, 4.69) is 10.1 Å². The standard InChI is InChI=1S/C10H14N2O2/c1-8-6-12(4-2-10(8)13)7-9-3-5-14-11-9/h3,5,8H,2,4,6-7H2,1H3. The fourth-order valence-corrected chi connectivity index (χ4v) is 1.79. The largest absolute Gasteiger partial charge is 0.364 e. The van der Waals surface area contributed by atoms with Crippen molar-refractivity contribution >= 4 is 5.78 Å². The molecule has 0 amide bonds. The minimum absolute atomic E-state index is 0.163. The Labute approximate surface area is 82.9 Å². The van der Waals surface area contributed by atoms with Gasteiger partial charge in [0.05, 0.1) is 5.69 Å². The van der Waals surface area contributed by atoms with Gasteiger partial charge in [-0.2, -0.15) is 0 Å². The molecule has 14 heavy (non-hydrogen) atoms. The quantitative estimate of drug-likeness (QED) is 0.707. The van der Waals surface area contributed by atoms with Crippen LogP contribution in [0.15, 0.2) is 16.9 Å². The van der Waals surface area contributed by atoms with E-state index in [1.54, 1.807) is 6.26 Å². The van der Waals surface area contributed by atoms with Crippen LogP contribution in [0, 0.1) is 5.92 Å². The van der Waals surface area contributed by atoms with Gasteiger partial charge in [-0.1, -0.05) is 12.1 Å². The molecule has 0 spiro atoms. The monoisotopic (exact) mass is 194 g/mol. The highest BCUT2D eigenvalue weighted by Gasteiger charge is 2.23. The second-order valence-electron chi connectivity index (χ2n) is 3.84. The van der Waals surface area contributed by atoms with E-state index in [1.165, 1.54) is 0 Å². The summed E-state index contributed by atoms with van der Waals surface area (Å²) in [7, 11) is 0. The zero-order valence-electron chi connectivity index (χ0n) is 8.27. The number of hydrogen-bond acceptors (Lipinski definition) is 4. The van der Waals surface area contributed by atoms with Gasteiger partial charge in [-0.3, -0.25) is 9.69 Å². The molecule has 0 aromatic carbocycles. The van der Waals surface area contributed by atoms with Crippen LogP contribution in [-0.4, -0.2) is 28.9 Å². The number of hydrogen-bond donors (Lipinski definition) is 0. The molecule has 4 heteroatoms. The molecule has 76 valence electrons. The van der Waals surface area contributed by atoms with Gasteiger partial charge in [0.25, 0.3) is 0 Å². The first-order valence-electron chi connectivity index (χ1n) is 4.90. The van der Waals surface area contributed by atoms with Gasteiger partial charge in [0, 0.05) is 38.0 Å². The Morgan fingerprint density at radius 1 is 1.71 bits per heavy atom. The minimum Gasteiger partial charge on any atom is -0.364 e. The number of nitrogens with zero attached hydrogens (tertiary/aromatic N) is 2. The predicted octanol–water partition coefficient (Wildman–Crippen LogP) is 1.09. The van der Waals surface area contributed by atoms with Gasteiger partial charge in [-0.05, 0) is 0 Å². The second-order valence-corrected chi connectivity index (χ2v) is 3.84. The Bertz CT molecular complexity index is 308. The third-order valence-corrected chi connectivity index (χ3v) is 2.63. The van der Waals surface area contributed by atoms with E-state index in [4.69, 9.17) is 4.52 Å². The van der Waals surface area contributed by atoms with Gasteiger partial charge in [-0.25, -0.2) is 0 Å². The Morgan fingerprint density at radius 3 is 3.21 bits per heavy atom.